The van der Waals surface area contributed by atoms with Gasteiger partial charge in [0.1, 0.15) is 0 Å². The van der Waals surface area contributed by atoms with Gasteiger partial charge in [-0.05, 0) is 24.3 Å². The molecule has 2 nitrogen and oxygen atoms in total. The molecule has 0 saturated heterocycles. The molecule has 2 aromatic rings. The fraction of sp³-hybridized carbons (Fsp3) is 0. The Labute approximate surface area is 98.8 Å². The van der Waals surface area contributed by atoms with E-state index < -0.39 is 0 Å². The van der Waals surface area contributed by atoms with Gasteiger partial charge in [0.15, 0.2) is 0 Å². The molecule has 2 aromatic carbocycles. The van der Waals surface area contributed by atoms with Crippen LogP contribution >= 0.6 is 11.6 Å². The third kappa shape index (κ3) is 4.19. The largest absolute Gasteiger partial charge is 0.398 e. The Morgan fingerprint density at radius 1 is 0.938 bits per heavy atom. The molecule has 3 N–H and O–H groups in total. The Balaban J connectivity index is 0.000000160. The van der Waals surface area contributed by atoms with Gasteiger partial charge in [-0.3, -0.25) is 0 Å². The number of anilines is 2. The van der Waals surface area contributed by atoms with E-state index in [0.29, 0.717) is 16.4 Å². The minimum atomic E-state index is 0.493. The summed E-state index contributed by atoms with van der Waals surface area (Å²) in [5, 5.41) is 0.618. The average Bonchev–Trinajstić information content (AvgIpc) is 2.35. The van der Waals surface area contributed by atoms with Crippen LogP contribution in [-0.2, 0) is 0 Å². The second-order valence-electron chi connectivity index (χ2n) is 2.98. The smallest absolute Gasteiger partial charge is 0.0655 e. The Kier molecular flexibility index (Phi) is 5.16. The molecule has 0 aliphatic rings. The van der Waals surface area contributed by atoms with Gasteiger partial charge in [0.05, 0.1) is 16.4 Å². The van der Waals surface area contributed by atoms with Crippen molar-refractivity contribution in [1.82, 2.24) is 0 Å². The van der Waals surface area contributed by atoms with Crippen LogP contribution in [-0.4, -0.2) is 0 Å². The van der Waals surface area contributed by atoms with Crippen LogP contribution in [0.3, 0.4) is 0 Å². The van der Waals surface area contributed by atoms with Crippen LogP contribution in [0.15, 0.2) is 54.6 Å². The molecule has 0 aliphatic heterocycles. The van der Waals surface area contributed by atoms with E-state index in [2.05, 4.69) is 0 Å². The van der Waals surface area contributed by atoms with Gasteiger partial charge in [-0.25, -0.2) is 5.54 Å². The predicted octanol–water partition coefficient (Wildman–Crippen LogP) is 3.91. The molecule has 4 heteroatoms. The van der Waals surface area contributed by atoms with E-state index in [-0.39, 0.29) is 0 Å². The van der Waals surface area contributed by atoms with Crippen LogP contribution in [0, 0.1) is 0 Å². The van der Waals surface area contributed by atoms with E-state index >= 15 is 0 Å². The van der Waals surface area contributed by atoms with Crippen molar-refractivity contribution in [2.24, 2.45) is 0 Å². The minimum absolute atomic E-state index is 0.493. The van der Waals surface area contributed by atoms with Gasteiger partial charge in [0.2, 0.25) is 0 Å². The number of para-hydroxylation sites is 2. The molecule has 0 spiro atoms. The van der Waals surface area contributed by atoms with E-state index in [0.717, 1.165) is 0 Å². The Bertz CT molecular complexity index is 399. The van der Waals surface area contributed by atoms with E-state index in [9.17, 15) is 4.48 Å². The SMILES string of the molecule is FNc1ccccc1.Nc1ccccc1Cl. The number of nitrogens with two attached hydrogens (primary N) is 1. The van der Waals surface area contributed by atoms with Crippen molar-refractivity contribution in [3.8, 4) is 0 Å². The van der Waals surface area contributed by atoms with Crippen molar-refractivity contribution < 1.29 is 4.48 Å². The van der Waals surface area contributed by atoms with Crippen LogP contribution < -0.4 is 11.3 Å². The standard InChI is InChI=1S/C6H6ClN.C6H6FN/c7-5-3-1-2-4-6(5)8;7-8-6-4-2-1-3-5-6/h1-4H,8H2;1-5,8H. The highest BCUT2D eigenvalue weighted by Gasteiger charge is 1.87. The highest BCUT2D eigenvalue weighted by molar-refractivity contribution is 6.33. The molecule has 0 atom stereocenters. The van der Waals surface area contributed by atoms with E-state index in [1.165, 1.54) is 5.54 Å². The lowest BCUT2D eigenvalue weighted by molar-refractivity contribution is 0.618. The van der Waals surface area contributed by atoms with Crippen LogP contribution in [0.25, 0.3) is 0 Å². The molecule has 0 aliphatic carbocycles. The fourth-order valence-corrected chi connectivity index (χ4v) is 1.11. The highest BCUT2D eigenvalue weighted by atomic mass is 35.5. The lowest BCUT2D eigenvalue weighted by atomic mass is 10.3. The van der Waals surface area contributed by atoms with Crippen molar-refractivity contribution in [2.75, 3.05) is 11.3 Å². The second-order valence-corrected chi connectivity index (χ2v) is 3.39. The normalized spacial score (nSPS) is 8.88. The third-order valence-electron chi connectivity index (χ3n) is 1.79. The number of nitrogen functional groups attached to an aromatic ring is 1. The summed E-state index contributed by atoms with van der Waals surface area (Å²) in [7, 11) is 0. The molecule has 0 radical (unpaired) electrons. The molecule has 2 rings (SSSR count). The Hall–Kier alpha value is -1.74. The number of hydrogen-bond donors (Lipinski definition) is 2. The van der Waals surface area contributed by atoms with Crippen LogP contribution in [0.4, 0.5) is 15.9 Å². The molecule has 0 saturated carbocycles. The van der Waals surface area contributed by atoms with Gasteiger partial charge in [-0.2, -0.15) is 0 Å². The van der Waals surface area contributed by atoms with E-state index in [1.54, 1.807) is 36.4 Å². The molecular formula is C12H12ClFN2. The van der Waals surface area contributed by atoms with Crippen molar-refractivity contribution in [2.45, 2.75) is 0 Å². The summed E-state index contributed by atoms with van der Waals surface area (Å²) < 4.78 is 11.5. The first kappa shape index (κ1) is 12.3. The number of hydrogen-bond acceptors (Lipinski definition) is 2. The summed E-state index contributed by atoms with van der Waals surface area (Å²) in [6, 6.07) is 15.9. The fourth-order valence-electron chi connectivity index (χ4n) is 0.976. The summed E-state index contributed by atoms with van der Waals surface area (Å²) in [4.78, 5) is 0. The number of rotatable bonds is 1. The van der Waals surface area contributed by atoms with Crippen LogP contribution in [0.1, 0.15) is 0 Å². The molecule has 0 heterocycles. The quantitative estimate of drug-likeness (QED) is 0.584. The van der Waals surface area contributed by atoms with Gasteiger partial charge >= 0.3 is 0 Å². The van der Waals surface area contributed by atoms with Gasteiger partial charge in [0.25, 0.3) is 0 Å². The van der Waals surface area contributed by atoms with Gasteiger partial charge in [0, 0.05) is 0 Å². The molecular weight excluding hydrogens is 227 g/mol. The molecule has 16 heavy (non-hydrogen) atoms. The maximum atomic E-state index is 11.5. The highest BCUT2D eigenvalue weighted by Crippen LogP contribution is 2.15. The maximum absolute atomic E-state index is 11.5. The Morgan fingerprint density at radius 3 is 1.88 bits per heavy atom. The minimum Gasteiger partial charge on any atom is -0.398 e. The van der Waals surface area contributed by atoms with Crippen LogP contribution in [0.2, 0.25) is 5.02 Å². The van der Waals surface area contributed by atoms with Crippen molar-refractivity contribution in [3.05, 3.63) is 59.6 Å². The van der Waals surface area contributed by atoms with Crippen molar-refractivity contribution in [1.29, 1.82) is 0 Å². The zero-order valence-corrected chi connectivity index (χ0v) is 9.29. The summed E-state index contributed by atoms with van der Waals surface area (Å²) in [5.41, 5.74) is 8.04. The molecule has 0 bridgehead atoms. The predicted molar refractivity (Wildman–Crippen MR) is 67.0 cm³/mol. The lowest BCUT2D eigenvalue weighted by Crippen LogP contribution is -1.82. The first-order valence-electron chi connectivity index (χ1n) is 4.65. The van der Waals surface area contributed by atoms with Gasteiger partial charge in [-0.15, -0.1) is 4.48 Å². The van der Waals surface area contributed by atoms with Crippen molar-refractivity contribution >= 4 is 23.0 Å². The second kappa shape index (κ2) is 6.69. The maximum Gasteiger partial charge on any atom is 0.0655 e. The molecule has 0 aromatic heterocycles. The molecule has 84 valence electrons. The zero-order chi connectivity index (χ0) is 11.8. The molecule has 0 unspecified atom stereocenters. The van der Waals surface area contributed by atoms with Crippen LogP contribution in [0.5, 0.6) is 0 Å². The molecule has 0 fully saturated rings. The summed E-state index contributed by atoms with van der Waals surface area (Å²) in [5.74, 6) is 0. The van der Waals surface area contributed by atoms with Gasteiger partial charge in [-0.1, -0.05) is 41.9 Å². The monoisotopic (exact) mass is 238 g/mol. The topological polar surface area (TPSA) is 38.0 Å². The van der Waals surface area contributed by atoms with E-state index in [4.69, 9.17) is 17.3 Å². The van der Waals surface area contributed by atoms with E-state index in [1.807, 2.05) is 18.2 Å². The summed E-state index contributed by atoms with van der Waals surface area (Å²) in [6.45, 7) is 0. The Morgan fingerprint density at radius 2 is 1.50 bits per heavy atom. The number of benzene rings is 2. The average molecular weight is 239 g/mol. The van der Waals surface area contributed by atoms with Gasteiger partial charge < -0.3 is 5.73 Å². The number of nitrogens with one attached hydrogen (secondary N) is 1. The zero-order valence-electron chi connectivity index (χ0n) is 8.53. The summed E-state index contributed by atoms with van der Waals surface area (Å²) in [6.07, 6.45) is 0. The first-order chi connectivity index (χ1) is 7.74. The first-order valence-corrected chi connectivity index (χ1v) is 5.03. The van der Waals surface area contributed by atoms with Crippen molar-refractivity contribution in [3.63, 3.8) is 0 Å². The number of halogens is 2. The lowest BCUT2D eigenvalue weighted by Gasteiger charge is -1.91. The summed E-state index contributed by atoms with van der Waals surface area (Å²) >= 11 is 5.58. The molecule has 0 amide bonds. The third-order valence-corrected chi connectivity index (χ3v) is 2.13.